The van der Waals surface area contributed by atoms with Gasteiger partial charge in [-0.3, -0.25) is 4.79 Å². The predicted octanol–water partition coefficient (Wildman–Crippen LogP) is 1.78. The normalized spacial score (nSPS) is 22.4. The Morgan fingerprint density at radius 2 is 2.06 bits per heavy atom. The number of carbonyl (C=O) groups is 1. The minimum absolute atomic E-state index is 0.278. The number of ether oxygens (including phenoxy) is 1. The molecular weight excluding hydrogens is 228 g/mol. The fourth-order valence-electron chi connectivity index (χ4n) is 2.45. The lowest BCUT2D eigenvalue weighted by molar-refractivity contribution is -0.149. The van der Waals surface area contributed by atoms with Gasteiger partial charge in [0.25, 0.3) is 0 Å². The van der Waals surface area contributed by atoms with Crippen molar-refractivity contribution in [1.29, 1.82) is 0 Å². The van der Waals surface area contributed by atoms with E-state index in [9.17, 15) is 4.79 Å². The fourth-order valence-corrected chi connectivity index (χ4v) is 2.45. The maximum absolute atomic E-state index is 11.8. The van der Waals surface area contributed by atoms with Crippen LogP contribution in [0.2, 0.25) is 0 Å². The van der Waals surface area contributed by atoms with Crippen molar-refractivity contribution in [3.63, 3.8) is 0 Å². The van der Waals surface area contributed by atoms with Crippen LogP contribution in [-0.4, -0.2) is 42.1 Å². The van der Waals surface area contributed by atoms with Crippen molar-refractivity contribution in [2.45, 2.75) is 64.6 Å². The van der Waals surface area contributed by atoms with Gasteiger partial charge >= 0.3 is 5.97 Å². The van der Waals surface area contributed by atoms with E-state index in [1.54, 1.807) is 13.8 Å². The highest BCUT2D eigenvalue weighted by molar-refractivity contribution is 5.80. The molecule has 0 amide bonds. The number of esters is 1. The smallest absolute Gasteiger partial charge is 0.325 e. The molecule has 3 atom stereocenters. The maximum atomic E-state index is 11.8. The first kappa shape index (κ1) is 15.4. The second kappa shape index (κ2) is 6.02. The van der Waals surface area contributed by atoms with Crippen LogP contribution in [0.3, 0.4) is 0 Å². The van der Waals surface area contributed by atoms with E-state index in [1.807, 2.05) is 0 Å². The van der Waals surface area contributed by atoms with Gasteiger partial charge in [0.15, 0.2) is 0 Å². The minimum Gasteiger partial charge on any atom is -0.465 e. The first-order valence-corrected chi connectivity index (χ1v) is 6.97. The number of nitrogens with zero attached hydrogens (tertiary/aromatic N) is 1. The zero-order valence-corrected chi connectivity index (χ0v) is 12.4. The van der Waals surface area contributed by atoms with Gasteiger partial charge in [0.05, 0.1) is 6.61 Å². The lowest BCUT2D eigenvalue weighted by atomic mass is 9.93. The van der Waals surface area contributed by atoms with Crippen molar-refractivity contribution >= 4 is 5.97 Å². The first-order valence-electron chi connectivity index (χ1n) is 6.97. The third-order valence-electron chi connectivity index (χ3n) is 4.10. The molecule has 0 aromatic rings. The Bertz CT molecular complexity index is 288. The van der Waals surface area contributed by atoms with E-state index >= 15 is 0 Å². The maximum Gasteiger partial charge on any atom is 0.325 e. The van der Waals surface area contributed by atoms with Gasteiger partial charge in [-0.15, -0.1) is 0 Å². The highest BCUT2D eigenvalue weighted by Crippen LogP contribution is 2.35. The number of hydrogen-bond donors (Lipinski definition) is 1. The van der Waals surface area contributed by atoms with Crippen molar-refractivity contribution in [3.8, 4) is 0 Å². The van der Waals surface area contributed by atoms with Gasteiger partial charge in [-0.1, -0.05) is 0 Å². The molecule has 0 heterocycles. The first-order chi connectivity index (χ1) is 8.29. The third kappa shape index (κ3) is 3.95. The van der Waals surface area contributed by atoms with Crippen LogP contribution in [0.1, 0.15) is 47.0 Å². The molecule has 0 bridgehead atoms. The number of nitrogens with two attached hydrogens (primary N) is 1. The molecule has 0 aromatic heterocycles. The quantitative estimate of drug-likeness (QED) is 0.705. The lowest BCUT2D eigenvalue weighted by Gasteiger charge is -2.35. The van der Waals surface area contributed by atoms with Gasteiger partial charge < -0.3 is 15.4 Å². The molecule has 2 N–H and O–H groups in total. The molecule has 106 valence electrons. The summed E-state index contributed by atoms with van der Waals surface area (Å²) in [7, 11) is 2.12. The van der Waals surface area contributed by atoms with Crippen molar-refractivity contribution in [2.75, 3.05) is 13.7 Å². The Labute approximate surface area is 111 Å². The summed E-state index contributed by atoms with van der Waals surface area (Å²) >= 11 is 0. The molecule has 1 aliphatic rings. The Morgan fingerprint density at radius 1 is 1.50 bits per heavy atom. The summed E-state index contributed by atoms with van der Waals surface area (Å²) in [6.45, 7) is 8.33. The van der Waals surface area contributed by atoms with Crippen LogP contribution < -0.4 is 5.73 Å². The molecule has 3 unspecified atom stereocenters. The second-order valence-electron chi connectivity index (χ2n) is 5.93. The van der Waals surface area contributed by atoms with Crippen molar-refractivity contribution < 1.29 is 9.53 Å². The van der Waals surface area contributed by atoms with Gasteiger partial charge in [0.1, 0.15) is 5.54 Å². The van der Waals surface area contributed by atoms with Gasteiger partial charge in [0.2, 0.25) is 0 Å². The number of rotatable bonds is 7. The van der Waals surface area contributed by atoms with Crippen LogP contribution in [0.4, 0.5) is 0 Å². The van der Waals surface area contributed by atoms with E-state index in [0.717, 1.165) is 5.92 Å². The average Bonchev–Trinajstić information content (AvgIpc) is 3.10. The highest BCUT2D eigenvalue weighted by Gasteiger charge is 2.36. The van der Waals surface area contributed by atoms with Crippen LogP contribution in [0, 0.1) is 5.92 Å². The zero-order chi connectivity index (χ0) is 13.9. The minimum atomic E-state index is -0.896. The van der Waals surface area contributed by atoms with Crippen LogP contribution in [-0.2, 0) is 9.53 Å². The van der Waals surface area contributed by atoms with Crippen LogP contribution >= 0.6 is 0 Å². The van der Waals surface area contributed by atoms with E-state index in [1.165, 1.54) is 12.8 Å². The summed E-state index contributed by atoms with van der Waals surface area (Å²) in [5, 5.41) is 0. The summed E-state index contributed by atoms with van der Waals surface area (Å²) in [5.74, 6) is 0.522. The molecule has 4 nitrogen and oxygen atoms in total. The third-order valence-corrected chi connectivity index (χ3v) is 4.10. The molecule has 1 saturated carbocycles. The summed E-state index contributed by atoms with van der Waals surface area (Å²) in [4.78, 5) is 14.1. The average molecular weight is 256 g/mol. The lowest BCUT2D eigenvalue weighted by Crippen LogP contribution is -2.51. The monoisotopic (exact) mass is 256 g/mol. The molecule has 0 aliphatic heterocycles. The molecule has 0 radical (unpaired) electrons. The molecule has 0 aromatic carbocycles. The zero-order valence-electron chi connectivity index (χ0n) is 12.4. The van der Waals surface area contributed by atoms with Crippen LogP contribution in [0.25, 0.3) is 0 Å². The van der Waals surface area contributed by atoms with E-state index < -0.39 is 5.54 Å². The number of carbonyl (C=O) groups excluding carboxylic acids is 1. The Hall–Kier alpha value is -0.610. The van der Waals surface area contributed by atoms with Gasteiger partial charge in [-0.05, 0) is 59.9 Å². The van der Waals surface area contributed by atoms with Gasteiger partial charge in [0, 0.05) is 12.1 Å². The van der Waals surface area contributed by atoms with Gasteiger partial charge in [-0.25, -0.2) is 0 Å². The molecule has 0 saturated heterocycles. The van der Waals surface area contributed by atoms with Crippen molar-refractivity contribution in [2.24, 2.45) is 11.7 Å². The van der Waals surface area contributed by atoms with E-state index in [4.69, 9.17) is 10.5 Å². The van der Waals surface area contributed by atoms with E-state index in [0.29, 0.717) is 19.1 Å². The summed E-state index contributed by atoms with van der Waals surface area (Å²) in [5.41, 5.74) is 5.18. The summed E-state index contributed by atoms with van der Waals surface area (Å²) in [6, 6.07) is 0.845. The molecule has 1 fully saturated rings. The summed E-state index contributed by atoms with van der Waals surface area (Å²) in [6.07, 6.45) is 3.28. The van der Waals surface area contributed by atoms with Crippen LogP contribution in [0.5, 0.6) is 0 Å². The Kier molecular flexibility index (Phi) is 5.17. The molecule has 18 heavy (non-hydrogen) atoms. The highest BCUT2D eigenvalue weighted by atomic mass is 16.5. The molecule has 1 aliphatic carbocycles. The largest absolute Gasteiger partial charge is 0.465 e. The molecular formula is C14H28N2O2. The molecule has 1 rings (SSSR count). The summed E-state index contributed by atoms with van der Waals surface area (Å²) < 4.78 is 5.03. The Balaban J connectivity index is 2.51. The topological polar surface area (TPSA) is 55.6 Å². The van der Waals surface area contributed by atoms with Gasteiger partial charge in [-0.2, -0.15) is 0 Å². The van der Waals surface area contributed by atoms with E-state index in [2.05, 4.69) is 25.8 Å². The molecule has 4 heteroatoms. The fraction of sp³-hybridized carbons (Fsp3) is 0.929. The van der Waals surface area contributed by atoms with Crippen LogP contribution in [0.15, 0.2) is 0 Å². The van der Waals surface area contributed by atoms with E-state index in [-0.39, 0.29) is 12.0 Å². The predicted molar refractivity (Wildman–Crippen MR) is 73.3 cm³/mol. The van der Waals surface area contributed by atoms with Crippen molar-refractivity contribution in [1.82, 2.24) is 4.90 Å². The SMILES string of the molecule is CCOC(=O)C(C)(N)CC(C)N(C)C(C)C1CC1. The second-order valence-corrected chi connectivity index (χ2v) is 5.93. The standard InChI is InChI=1S/C14H28N2O2/c1-6-18-13(17)14(4,15)9-10(2)16(5)11(3)12-7-8-12/h10-12H,6-9,15H2,1-5H3. The van der Waals surface area contributed by atoms with Crippen molar-refractivity contribution in [3.05, 3.63) is 0 Å². The number of hydrogen-bond acceptors (Lipinski definition) is 4. The Morgan fingerprint density at radius 3 is 2.50 bits per heavy atom. The molecule has 0 spiro atoms.